The number of H-pyrrole nitrogens is 1. The maximum absolute atomic E-state index is 5.41. The van der Waals surface area contributed by atoms with E-state index >= 15 is 0 Å². The molecule has 3 N–H and O–H groups in total. The van der Waals surface area contributed by atoms with Gasteiger partial charge in [0.1, 0.15) is 17.2 Å². The van der Waals surface area contributed by atoms with E-state index in [4.69, 9.17) is 4.74 Å². The first kappa shape index (κ1) is 16.9. The van der Waals surface area contributed by atoms with Crippen molar-refractivity contribution in [1.29, 1.82) is 0 Å². The van der Waals surface area contributed by atoms with E-state index < -0.39 is 0 Å². The summed E-state index contributed by atoms with van der Waals surface area (Å²) in [5.41, 5.74) is 3.74. The zero-order chi connectivity index (χ0) is 18.8. The molecule has 0 spiro atoms. The minimum Gasteiger partial charge on any atom is -0.381 e. The molecular weight excluding hydrogens is 352 g/mol. The third-order valence-electron chi connectivity index (χ3n) is 5.07. The standard InChI is InChI=1S/C21H22N6O/c1-2-15-5-8-22-18(15)11-14(1)12-24-20-13-23-17-3-4-19(26-21(17)27-20)25-16-6-9-28-10-7-16/h1-5,8,11,13,16,22H,6-7,9-10,12H2,(H2,24,25,26,27). The highest BCUT2D eigenvalue weighted by Gasteiger charge is 2.14. The van der Waals surface area contributed by atoms with Crippen LogP contribution in [0.5, 0.6) is 0 Å². The third-order valence-corrected chi connectivity index (χ3v) is 5.07. The van der Waals surface area contributed by atoms with Crippen LogP contribution in [0, 0.1) is 0 Å². The number of pyridine rings is 1. The van der Waals surface area contributed by atoms with Crippen molar-refractivity contribution in [3.63, 3.8) is 0 Å². The van der Waals surface area contributed by atoms with Gasteiger partial charge in [-0.05, 0) is 48.1 Å². The number of nitrogens with zero attached hydrogens (tertiary/aromatic N) is 3. The number of anilines is 2. The summed E-state index contributed by atoms with van der Waals surface area (Å²) in [7, 11) is 0. The third kappa shape index (κ3) is 3.61. The molecule has 142 valence electrons. The van der Waals surface area contributed by atoms with Crippen LogP contribution < -0.4 is 10.6 Å². The molecule has 4 heterocycles. The first-order valence-electron chi connectivity index (χ1n) is 9.61. The van der Waals surface area contributed by atoms with Gasteiger partial charge in [0.05, 0.1) is 6.20 Å². The Morgan fingerprint density at radius 2 is 1.93 bits per heavy atom. The first-order valence-corrected chi connectivity index (χ1v) is 9.61. The SMILES string of the molecule is c1cc2ccc(CNc3cnc4ccc(NC5CCOCC5)nc4n3)cc2[nH]1. The van der Waals surface area contributed by atoms with Gasteiger partial charge in [-0.1, -0.05) is 12.1 Å². The fraction of sp³-hybridized carbons (Fsp3) is 0.286. The number of hydrogen-bond donors (Lipinski definition) is 3. The van der Waals surface area contributed by atoms with E-state index in [9.17, 15) is 0 Å². The van der Waals surface area contributed by atoms with Crippen molar-refractivity contribution in [3.8, 4) is 0 Å². The van der Waals surface area contributed by atoms with Crippen molar-refractivity contribution in [2.24, 2.45) is 0 Å². The molecule has 1 saturated heterocycles. The van der Waals surface area contributed by atoms with Crippen LogP contribution in [-0.2, 0) is 11.3 Å². The topological polar surface area (TPSA) is 87.8 Å². The van der Waals surface area contributed by atoms with Crippen LogP contribution in [0.2, 0.25) is 0 Å². The molecule has 7 nitrogen and oxygen atoms in total. The van der Waals surface area contributed by atoms with Crippen molar-refractivity contribution in [1.82, 2.24) is 19.9 Å². The Morgan fingerprint density at radius 3 is 2.86 bits per heavy atom. The molecule has 1 fully saturated rings. The fourth-order valence-electron chi connectivity index (χ4n) is 3.51. The summed E-state index contributed by atoms with van der Waals surface area (Å²) in [5.74, 6) is 1.55. The summed E-state index contributed by atoms with van der Waals surface area (Å²) in [6, 6.07) is 12.8. The van der Waals surface area contributed by atoms with Gasteiger partial charge in [0, 0.05) is 37.5 Å². The van der Waals surface area contributed by atoms with Crippen molar-refractivity contribution in [3.05, 3.63) is 54.4 Å². The van der Waals surface area contributed by atoms with Gasteiger partial charge in [0.2, 0.25) is 0 Å². The normalized spacial score (nSPS) is 15.1. The van der Waals surface area contributed by atoms with Gasteiger partial charge in [-0.3, -0.25) is 0 Å². The largest absolute Gasteiger partial charge is 0.381 e. The van der Waals surface area contributed by atoms with Crippen LogP contribution in [0.4, 0.5) is 11.6 Å². The summed E-state index contributed by atoms with van der Waals surface area (Å²) in [4.78, 5) is 17.0. The summed E-state index contributed by atoms with van der Waals surface area (Å²) >= 11 is 0. The van der Waals surface area contributed by atoms with Crippen molar-refractivity contribution < 1.29 is 4.74 Å². The highest BCUT2D eigenvalue weighted by Crippen LogP contribution is 2.18. The van der Waals surface area contributed by atoms with Crippen LogP contribution in [0.1, 0.15) is 18.4 Å². The highest BCUT2D eigenvalue weighted by molar-refractivity contribution is 5.80. The predicted octanol–water partition coefficient (Wildman–Crippen LogP) is 3.71. The molecule has 28 heavy (non-hydrogen) atoms. The van der Waals surface area contributed by atoms with Crippen LogP contribution in [-0.4, -0.2) is 39.2 Å². The van der Waals surface area contributed by atoms with Gasteiger partial charge >= 0.3 is 0 Å². The molecular formula is C21H22N6O. The molecule has 1 aromatic carbocycles. The minimum atomic E-state index is 0.399. The molecule has 0 aliphatic carbocycles. The van der Waals surface area contributed by atoms with Gasteiger partial charge in [-0.2, -0.15) is 0 Å². The molecule has 1 aliphatic heterocycles. The Labute approximate surface area is 162 Å². The number of fused-ring (bicyclic) bond motifs is 2. The molecule has 5 rings (SSSR count). The average Bonchev–Trinajstić information content (AvgIpc) is 3.20. The minimum absolute atomic E-state index is 0.399. The van der Waals surface area contributed by atoms with Gasteiger partial charge in [0.25, 0.3) is 0 Å². The van der Waals surface area contributed by atoms with Crippen LogP contribution in [0.3, 0.4) is 0 Å². The Morgan fingerprint density at radius 1 is 1.04 bits per heavy atom. The molecule has 0 radical (unpaired) electrons. The zero-order valence-corrected chi connectivity index (χ0v) is 15.5. The summed E-state index contributed by atoms with van der Waals surface area (Å²) in [6.07, 6.45) is 5.70. The van der Waals surface area contributed by atoms with Gasteiger partial charge in [-0.25, -0.2) is 15.0 Å². The lowest BCUT2D eigenvalue weighted by Crippen LogP contribution is -2.28. The lowest BCUT2D eigenvalue weighted by atomic mass is 10.1. The lowest BCUT2D eigenvalue weighted by Gasteiger charge is -2.23. The number of hydrogen-bond acceptors (Lipinski definition) is 6. The van der Waals surface area contributed by atoms with E-state index in [1.165, 1.54) is 10.9 Å². The van der Waals surface area contributed by atoms with Crippen molar-refractivity contribution in [2.45, 2.75) is 25.4 Å². The quantitative estimate of drug-likeness (QED) is 0.494. The van der Waals surface area contributed by atoms with Gasteiger partial charge < -0.3 is 20.4 Å². The smallest absolute Gasteiger partial charge is 0.182 e. The lowest BCUT2D eigenvalue weighted by molar-refractivity contribution is 0.0904. The number of ether oxygens (including phenoxy) is 1. The molecule has 0 unspecified atom stereocenters. The Hall–Kier alpha value is -3.19. The van der Waals surface area contributed by atoms with Crippen LogP contribution >= 0.6 is 0 Å². The van der Waals surface area contributed by atoms with Gasteiger partial charge in [0.15, 0.2) is 5.65 Å². The Balaban J connectivity index is 1.31. The van der Waals surface area contributed by atoms with Crippen molar-refractivity contribution in [2.75, 3.05) is 23.8 Å². The molecule has 0 saturated carbocycles. The van der Waals surface area contributed by atoms with Crippen LogP contribution in [0.25, 0.3) is 22.1 Å². The summed E-state index contributed by atoms with van der Waals surface area (Å²) in [5, 5.41) is 8.04. The van der Waals surface area contributed by atoms with E-state index in [0.29, 0.717) is 18.2 Å². The second-order valence-corrected chi connectivity index (χ2v) is 7.08. The second kappa shape index (κ2) is 7.44. The van der Waals surface area contributed by atoms with E-state index in [1.807, 2.05) is 18.3 Å². The number of aromatic amines is 1. The Kier molecular flexibility index (Phi) is 4.50. The van der Waals surface area contributed by atoms with E-state index in [2.05, 4.69) is 54.8 Å². The average molecular weight is 374 g/mol. The summed E-state index contributed by atoms with van der Waals surface area (Å²) < 4.78 is 5.41. The van der Waals surface area contributed by atoms with E-state index in [0.717, 1.165) is 48.7 Å². The number of nitrogens with one attached hydrogen (secondary N) is 3. The molecule has 1 aliphatic rings. The van der Waals surface area contributed by atoms with E-state index in [-0.39, 0.29) is 0 Å². The van der Waals surface area contributed by atoms with Gasteiger partial charge in [-0.15, -0.1) is 0 Å². The zero-order valence-electron chi connectivity index (χ0n) is 15.5. The monoisotopic (exact) mass is 374 g/mol. The molecule has 0 atom stereocenters. The maximum atomic E-state index is 5.41. The number of benzene rings is 1. The number of aromatic nitrogens is 4. The number of rotatable bonds is 5. The summed E-state index contributed by atoms with van der Waals surface area (Å²) in [6.45, 7) is 2.27. The molecule has 7 heteroatoms. The molecule has 3 aromatic heterocycles. The fourth-order valence-corrected chi connectivity index (χ4v) is 3.51. The predicted molar refractivity (Wildman–Crippen MR) is 110 cm³/mol. The van der Waals surface area contributed by atoms with E-state index in [1.54, 1.807) is 6.20 Å². The molecule has 4 aromatic rings. The second-order valence-electron chi connectivity index (χ2n) is 7.08. The van der Waals surface area contributed by atoms with Crippen LogP contribution in [0.15, 0.2) is 48.8 Å². The molecule has 0 amide bonds. The maximum Gasteiger partial charge on any atom is 0.182 e. The highest BCUT2D eigenvalue weighted by atomic mass is 16.5. The molecule has 0 bridgehead atoms. The van der Waals surface area contributed by atoms with Crippen molar-refractivity contribution >= 4 is 33.7 Å². The Bertz CT molecular complexity index is 1100. The first-order chi connectivity index (χ1) is 13.8.